The molecule has 124 valence electrons. The summed E-state index contributed by atoms with van der Waals surface area (Å²) < 4.78 is 6.11. The summed E-state index contributed by atoms with van der Waals surface area (Å²) in [6, 6.07) is 13.7. The van der Waals surface area contributed by atoms with Crippen LogP contribution >= 0.6 is 11.6 Å². The number of anilines is 1. The number of fused-ring (bicyclic) bond motifs is 2. The molecular formula is C19H20ClN3O. The third-order valence-electron chi connectivity index (χ3n) is 4.46. The predicted molar refractivity (Wildman–Crippen MR) is 98.6 cm³/mol. The Bertz CT molecular complexity index is 782. The molecule has 5 heteroatoms. The molecule has 0 unspecified atom stereocenters. The van der Waals surface area contributed by atoms with Crippen molar-refractivity contribution < 1.29 is 4.74 Å². The van der Waals surface area contributed by atoms with Crippen molar-refractivity contribution in [1.82, 2.24) is 9.80 Å². The first-order valence-electron chi connectivity index (χ1n) is 8.17. The minimum atomic E-state index is 0.703. The lowest BCUT2D eigenvalue weighted by molar-refractivity contribution is 0.199. The molecule has 2 aromatic carbocycles. The summed E-state index contributed by atoms with van der Waals surface area (Å²) in [6.07, 6.45) is 2.19. The van der Waals surface area contributed by atoms with E-state index in [9.17, 15) is 0 Å². The summed E-state index contributed by atoms with van der Waals surface area (Å²) in [5.74, 6) is 1.64. The summed E-state index contributed by atoms with van der Waals surface area (Å²) in [7, 11) is 2.16. The molecule has 24 heavy (non-hydrogen) atoms. The highest BCUT2D eigenvalue weighted by molar-refractivity contribution is 6.30. The zero-order chi connectivity index (χ0) is 16.5. The number of benzene rings is 2. The fourth-order valence-electron chi connectivity index (χ4n) is 3.03. The van der Waals surface area contributed by atoms with Crippen molar-refractivity contribution in [2.45, 2.75) is 0 Å². The van der Waals surface area contributed by atoms with Gasteiger partial charge in [-0.3, -0.25) is 0 Å². The van der Waals surface area contributed by atoms with Gasteiger partial charge in [0.15, 0.2) is 5.75 Å². The van der Waals surface area contributed by atoms with Gasteiger partial charge in [-0.1, -0.05) is 23.7 Å². The molecule has 2 aliphatic rings. The minimum absolute atomic E-state index is 0.703. The Morgan fingerprint density at radius 3 is 2.67 bits per heavy atom. The van der Waals surface area contributed by atoms with Gasteiger partial charge in [0.25, 0.3) is 0 Å². The Morgan fingerprint density at radius 2 is 1.83 bits per heavy atom. The molecule has 0 amide bonds. The number of nitrogens with one attached hydrogen (secondary N) is 1. The maximum absolute atomic E-state index is 6.24. The van der Waals surface area contributed by atoms with Crippen molar-refractivity contribution in [3.63, 3.8) is 0 Å². The molecule has 1 N–H and O–H groups in total. The average Bonchev–Trinajstić information content (AvgIpc) is 2.73. The first-order valence-corrected chi connectivity index (χ1v) is 8.55. The monoisotopic (exact) mass is 341 g/mol. The highest BCUT2D eigenvalue weighted by Gasteiger charge is 2.20. The Morgan fingerprint density at radius 1 is 1.04 bits per heavy atom. The first-order chi connectivity index (χ1) is 11.7. The van der Waals surface area contributed by atoms with Crippen LogP contribution in [0.2, 0.25) is 5.02 Å². The Hall–Kier alpha value is -2.17. The molecule has 0 aromatic heterocycles. The number of para-hydroxylation sites is 2. The molecule has 0 saturated carbocycles. The summed E-state index contributed by atoms with van der Waals surface area (Å²) in [6.45, 7) is 4.17. The molecule has 0 atom stereocenters. The number of nitrogens with zero attached hydrogens (tertiary/aromatic N) is 2. The highest BCUT2D eigenvalue weighted by Crippen LogP contribution is 2.40. The van der Waals surface area contributed by atoms with Crippen LogP contribution in [0, 0.1) is 0 Å². The maximum atomic E-state index is 6.24. The molecule has 2 aromatic rings. The van der Waals surface area contributed by atoms with E-state index in [1.807, 2.05) is 42.5 Å². The van der Waals surface area contributed by atoms with Crippen LogP contribution in [0.1, 0.15) is 5.56 Å². The SMILES string of the molecule is CN1CCN(/C=C2/Nc3ccccc3Oc3ccc(Cl)cc32)CC1. The van der Waals surface area contributed by atoms with Gasteiger partial charge in [0, 0.05) is 43.0 Å². The largest absolute Gasteiger partial charge is 0.454 e. The number of likely N-dealkylation sites (N-methyl/N-ethyl adjacent to an activating group) is 1. The topological polar surface area (TPSA) is 27.7 Å². The molecule has 4 rings (SSSR count). The van der Waals surface area contributed by atoms with Gasteiger partial charge in [-0.2, -0.15) is 0 Å². The van der Waals surface area contributed by atoms with Crippen molar-refractivity contribution in [2.24, 2.45) is 0 Å². The van der Waals surface area contributed by atoms with Gasteiger partial charge in [0.2, 0.25) is 0 Å². The summed E-state index contributed by atoms with van der Waals surface area (Å²) >= 11 is 6.24. The van der Waals surface area contributed by atoms with Gasteiger partial charge in [0.05, 0.1) is 11.4 Å². The van der Waals surface area contributed by atoms with E-state index >= 15 is 0 Å². The van der Waals surface area contributed by atoms with Gasteiger partial charge in [-0.05, 0) is 37.4 Å². The highest BCUT2D eigenvalue weighted by atomic mass is 35.5. The van der Waals surface area contributed by atoms with Gasteiger partial charge in [-0.15, -0.1) is 0 Å². The first kappa shape index (κ1) is 15.4. The molecule has 1 fully saturated rings. The lowest BCUT2D eigenvalue weighted by atomic mass is 10.1. The molecular weight excluding hydrogens is 322 g/mol. The van der Waals surface area contributed by atoms with E-state index in [0.29, 0.717) is 5.02 Å². The van der Waals surface area contributed by atoms with E-state index in [-0.39, 0.29) is 0 Å². The smallest absolute Gasteiger partial charge is 0.150 e. The quantitative estimate of drug-likeness (QED) is 0.845. The second-order valence-electron chi connectivity index (χ2n) is 6.25. The van der Waals surface area contributed by atoms with E-state index in [1.54, 1.807) is 0 Å². The van der Waals surface area contributed by atoms with Crippen LogP contribution in [0.3, 0.4) is 0 Å². The Balaban J connectivity index is 1.76. The number of hydrogen-bond acceptors (Lipinski definition) is 4. The molecule has 2 heterocycles. The zero-order valence-electron chi connectivity index (χ0n) is 13.6. The molecule has 4 nitrogen and oxygen atoms in total. The average molecular weight is 342 g/mol. The van der Waals surface area contributed by atoms with Gasteiger partial charge in [-0.25, -0.2) is 0 Å². The van der Waals surface area contributed by atoms with Crippen molar-refractivity contribution in [3.05, 3.63) is 59.3 Å². The summed E-state index contributed by atoms with van der Waals surface area (Å²) in [5, 5.41) is 4.23. The van der Waals surface area contributed by atoms with Gasteiger partial charge in [0.1, 0.15) is 5.75 Å². The van der Waals surface area contributed by atoms with E-state index in [4.69, 9.17) is 16.3 Å². The maximum Gasteiger partial charge on any atom is 0.150 e. The van der Waals surface area contributed by atoms with Crippen LogP contribution < -0.4 is 10.1 Å². The standard InChI is InChI=1S/C19H20ClN3O/c1-22-8-10-23(11-9-22)13-17-15-12-14(20)6-7-18(15)24-19-5-3-2-4-16(19)21-17/h2-7,12-13,21H,8-11H2,1H3/b17-13+. The van der Waals surface area contributed by atoms with E-state index in [0.717, 1.165) is 54.6 Å². The number of halogens is 1. The predicted octanol–water partition coefficient (Wildman–Crippen LogP) is 4.10. The molecule has 2 aliphatic heterocycles. The molecule has 0 spiro atoms. The lowest BCUT2D eigenvalue weighted by Gasteiger charge is -2.32. The second-order valence-corrected chi connectivity index (χ2v) is 6.68. The van der Waals surface area contributed by atoms with E-state index in [2.05, 4.69) is 28.4 Å². The minimum Gasteiger partial charge on any atom is -0.454 e. The van der Waals surface area contributed by atoms with Gasteiger partial charge >= 0.3 is 0 Å². The van der Waals surface area contributed by atoms with Crippen LogP contribution in [0.4, 0.5) is 5.69 Å². The lowest BCUT2D eigenvalue weighted by Crippen LogP contribution is -2.42. The van der Waals surface area contributed by atoms with Crippen LogP contribution in [0.15, 0.2) is 48.7 Å². The van der Waals surface area contributed by atoms with Crippen molar-refractivity contribution in [3.8, 4) is 11.5 Å². The van der Waals surface area contributed by atoms with Crippen LogP contribution in [-0.2, 0) is 0 Å². The molecule has 0 bridgehead atoms. The third kappa shape index (κ3) is 3.07. The summed E-state index contributed by atoms with van der Waals surface area (Å²) in [4.78, 5) is 4.69. The number of hydrogen-bond donors (Lipinski definition) is 1. The van der Waals surface area contributed by atoms with Crippen LogP contribution in [0.25, 0.3) is 5.70 Å². The van der Waals surface area contributed by atoms with E-state index in [1.165, 1.54) is 0 Å². The normalized spacial score (nSPS) is 19.1. The van der Waals surface area contributed by atoms with Crippen LogP contribution in [0.5, 0.6) is 11.5 Å². The van der Waals surface area contributed by atoms with Crippen molar-refractivity contribution >= 4 is 23.0 Å². The van der Waals surface area contributed by atoms with E-state index < -0.39 is 0 Å². The van der Waals surface area contributed by atoms with Crippen LogP contribution in [-0.4, -0.2) is 43.0 Å². The van der Waals surface area contributed by atoms with Crippen molar-refractivity contribution in [2.75, 3.05) is 38.5 Å². The Labute approximate surface area is 147 Å². The fourth-order valence-corrected chi connectivity index (χ4v) is 3.20. The number of ether oxygens (including phenoxy) is 1. The van der Waals surface area contributed by atoms with Gasteiger partial charge < -0.3 is 19.9 Å². The molecule has 1 saturated heterocycles. The Kier molecular flexibility index (Phi) is 4.08. The second kappa shape index (κ2) is 6.38. The van der Waals surface area contributed by atoms with Crippen molar-refractivity contribution in [1.29, 1.82) is 0 Å². The fraction of sp³-hybridized carbons (Fsp3) is 0.263. The molecule has 0 aliphatic carbocycles. The number of piperazine rings is 1. The zero-order valence-corrected chi connectivity index (χ0v) is 14.4. The number of rotatable bonds is 1. The molecule has 0 radical (unpaired) electrons. The summed E-state index contributed by atoms with van der Waals surface area (Å²) in [5.41, 5.74) is 2.96. The third-order valence-corrected chi connectivity index (χ3v) is 4.69.